The van der Waals surface area contributed by atoms with Crippen LogP contribution in [0.3, 0.4) is 0 Å². The molecule has 2 rings (SSSR count). The highest BCUT2D eigenvalue weighted by Crippen LogP contribution is 1.97. The number of benzene rings is 1. The van der Waals surface area contributed by atoms with Crippen LogP contribution in [0.4, 0.5) is 0 Å². The van der Waals surface area contributed by atoms with Crippen LogP contribution in [0.25, 0.3) is 6.08 Å². The predicted octanol–water partition coefficient (Wildman–Crippen LogP) is 3.83. The molecule has 0 amide bonds. The van der Waals surface area contributed by atoms with E-state index in [1.165, 1.54) is 5.56 Å². The standard InChI is InChI=1S/C8H8.C5H5N.ClH/c1-2-8-6-4-3-5-7-8;1-2-4-6-5-3-1;/h2-7H,1H2;1-5H;1H. The Kier molecular flexibility index (Phi) is 8.02. The molecule has 0 aliphatic heterocycles. The summed E-state index contributed by atoms with van der Waals surface area (Å²) in [6, 6.07) is 15.7. The first kappa shape index (κ1) is 13.4. The number of hydrogen-bond donors (Lipinski definition) is 0. The first-order valence-corrected chi connectivity index (χ1v) is 4.46. The second-order valence-electron chi connectivity index (χ2n) is 2.64. The van der Waals surface area contributed by atoms with Gasteiger partial charge < -0.3 is 0 Å². The highest BCUT2D eigenvalue weighted by Gasteiger charge is 1.75. The Morgan fingerprint density at radius 2 is 1.40 bits per heavy atom. The molecule has 1 aromatic heterocycles. The van der Waals surface area contributed by atoms with E-state index in [1.807, 2.05) is 54.6 Å². The second kappa shape index (κ2) is 8.97. The van der Waals surface area contributed by atoms with Crippen LogP contribution in [0, 0.1) is 0 Å². The van der Waals surface area contributed by atoms with E-state index in [0.29, 0.717) is 0 Å². The van der Waals surface area contributed by atoms with Crippen molar-refractivity contribution < 1.29 is 0 Å². The lowest BCUT2D eigenvalue weighted by molar-refractivity contribution is 1.33. The lowest BCUT2D eigenvalue weighted by Gasteiger charge is -1.85. The minimum Gasteiger partial charge on any atom is -0.265 e. The molecule has 2 aromatic rings. The normalized spacial score (nSPS) is 7.73. The molecular formula is C13H14ClN. The molecule has 0 unspecified atom stereocenters. The maximum atomic E-state index is 3.78. The molecule has 0 spiro atoms. The van der Waals surface area contributed by atoms with Crippen LogP contribution >= 0.6 is 12.4 Å². The first-order valence-electron chi connectivity index (χ1n) is 4.46. The van der Waals surface area contributed by atoms with Crippen LogP contribution in [-0.4, -0.2) is 4.98 Å². The summed E-state index contributed by atoms with van der Waals surface area (Å²) in [5.41, 5.74) is 1.17. The highest BCUT2D eigenvalue weighted by molar-refractivity contribution is 5.85. The van der Waals surface area contributed by atoms with Gasteiger partial charge in [-0.2, -0.15) is 0 Å². The van der Waals surface area contributed by atoms with E-state index >= 15 is 0 Å². The third-order valence-electron chi connectivity index (χ3n) is 1.60. The average Bonchev–Trinajstić information content (AvgIpc) is 2.33. The molecule has 0 aliphatic rings. The maximum Gasteiger partial charge on any atom is 0.0267 e. The minimum atomic E-state index is 0. The van der Waals surface area contributed by atoms with Gasteiger partial charge >= 0.3 is 0 Å². The van der Waals surface area contributed by atoms with Crippen LogP contribution in [0.5, 0.6) is 0 Å². The third-order valence-corrected chi connectivity index (χ3v) is 1.60. The van der Waals surface area contributed by atoms with Crippen molar-refractivity contribution in [3.05, 3.63) is 73.1 Å². The summed E-state index contributed by atoms with van der Waals surface area (Å²) in [6.07, 6.45) is 5.33. The van der Waals surface area contributed by atoms with E-state index in [4.69, 9.17) is 0 Å². The number of rotatable bonds is 1. The monoisotopic (exact) mass is 219 g/mol. The number of aromatic nitrogens is 1. The van der Waals surface area contributed by atoms with Gasteiger partial charge in [0.25, 0.3) is 0 Å². The van der Waals surface area contributed by atoms with Crippen molar-refractivity contribution in [2.75, 3.05) is 0 Å². The Balaban J connectivity index is 0.000000253. The maximum absolute atomic E-state index is 3.78. The van der Waals surface area contributed by atoms with Gasteiger partial charge in [-0.15, -0.1) is 12.4 Å². The molecule has 0 saturated carbocycles. The van der Waals surface area contributed by atoms with E-state index in [2.05, 4.69) is 11.6 Å². The molecule has 0 radical (unpaired) electrons. The fourth-order valence-corrected chi connectivity index (χ4v) is 0.902. The predicted molar refractivity (Wildman–Crippen MR) is 68.0 cm³/mol. The Bertz CT molecular complexity index is 319. The van der Waals surface area contributed by atoms with Gasteiger partial charge in [-0.3, -0.25) is 4.98 Å². The summed E-state index contributed by atoms with van der Waals surface area (Å²) < 4.78 is 0. The Hall–Kier alpha value is -1.60. The zero-order valence-corrected chi connectivity index (χ0v) is 9.23. The van der Waals surface area contributed by atoms with Crippen molar-refractivity contribution in [2.45, 2.75) is 0 Å². The van der Waals surface area contributed by atoms with Crippen molar-refractivity contribution >= 4 is 18.5 Å². The number of nitrogens with zero attached hydrogens (tertiary/aromatic N) is 1. The van der Waals surface area contributed by atoms with Gasteiger partial charge in [0.05, 0.1) is 0 Å². The lowest BCUT2D eigenvalue weighted by Crippen LogP contribution is -1.63. The molecule has 1 heterocycles. The van der Waals surface area contributed by atoms with E-state index in [9.17, 15) is 0 Å². The fourth-order valence-electron chi connectivity index (χ4n) is 0.902. The van der Waals surface area contributed by atoms with Gasteiger partial charge in [0, 0.05) is 12.4 Å². The number of pyridine rings is 1. The lowest BCUT2D eigenvalue weighted by atomic mass is 10.2. The molecule has 2 heteroatoms. The van der Waals surface area contributed by atoms with Gasteiger partial charge in [0.15, 0.2) is 0 Å². The van der Waals surface area contributed by atoms with Crippen molar-refractivity contribution in [3.8, 4) is 0 Å². The number of halogens is 1. The third kappa shape index (κ3) is 6.47. The van der Waals surface area contributed by atoms with Crippen molar-refractivity contribution in [2.24, 2.45) is 0 Å². The largest absolute Gasteiger partial charge is 0.265 e. The molecule has 0 atom stereocenters. The van der Waals surface area contributed by atoms with Gasteiger partial charge in [-0.05, 0) is 17.7 Å². The Labute approximate surface area is 96.9 Å². The molecular weight excluding hydrogens is 206 g/mol. The zero-order chi connectivity index (χ0) is 10.1. The van der Waals surface area contributed by atoms with Crippen LogP contribution < -0.4 is 0 Å². The van der Waals surface area contributed by atoms with Crippen LogP contribution in [0.15, 0.2) is 67.5 Å². The average molecular weight is 220 g/mol. The highest BCUT2D eigenvalue weighted by atomic mass is 35.5. The van der Waals surface area contributed by atoms with Crippen LogP contribution in [0.1, 0.15) is 5.56 Å². The first-order chi connectivity index (χ1) is 6.93. The van der Waals surface area contributed by atoms with Gasteiger partial charge in [0.1, 0.15) is 0 Å². The van der Waals surface area contributed by atoms with Crippen molar-refractivity contribution in [1.29, 1.82) is 0 Å². The summed E-state index contributed by atoms with van der Waals surface area (Å²) in [5.74, 6) is 0. The summed E-state index contributed by atoms with van der Waals surface area (Å²) >= 11 is 0. The molecule has 0 N–H and O–H groups in total. The summed E-state index contributed by atoms with van der Waals surface area (Å²) in [4.78, 5) is 3.78. The molecule has 0 fully saturated rings. The van der Waals surface area contributed by atoms with Crippen molar-refractivity contribution in [1.82, 2.24) is 4.98 Å². The zero-order valence-electron chi connectivity index (χ0n) is 8.41. The SMILES string of the molecule is C=Cc1ccccc1.Cl.c1ccncc1. The van der Waals surface area contributed by atoms with Gasteiger partial charge in [-0.1, -0.05) is 49.1 Å². The quantitative estimate of drug-likeness (QED) is 0.711. The molecule has 78 valence electrons. The molecule has 0 saturated heterocycles. The topological polar surface area (TPSA) is 12.9 Å². The number of hydrogen-bond acceptors (Lipinski definition) is 1. The Morgan fingerprint density at radius 3 is 1.67 bits per heavy atom. The smallest absolute Gasteiger partial charge is 0.0267 e. The Morgan fingerprint density at radius 1 is 0.867 bits per heavy atom. The molecule has 15 heavy (non-hydrogen) atoms. The van der Waals surface area contributed by atoms with E-state index in [1.54, 1.807) is 12.4 Å². The van der Waals surface area contributed by atoms with E-state index in [0.717, 1.165) is 0 Å². The molecule has 0 aliphatic carbocycles. The van der Waals surface area contributed by atoms with E-state index < -0.39 is 0 Å². The summed E-state index contributed by atoms with van der Waals surface area (Å²) in [7, 11) is 0. The fraction of sp³-hybridized carbons (Fsp3) is 0. The molecule has 0 bridgehead atoms. The van der Waals surface area contributed by atoms with Crippen LogP contribution in [0.2, 0.25) is 0 Å². The summed E-state index contributed by atoms with van der Waals surface area (Å²) in [5, 5.41) is 0. The summed E-state index contributed by atoms with van der Waals surface area (Å²) in [6.45, 7) is 3.63. The van der Waals surface area contributed by atoms with Gasteiger partial charge in [0.2, 0.25) is 0 Å². The van der Waals surface area contributed by atoms with Gasteiger partial charge in [-0.25, -0.2) is 0 Å². The molecule has 1 nitrogen and oxygen atoms in total. The van der Waals surface area contributed by atoms with Crippen LogP contribution in [-0.2, 0) is 0 Å². The molecule has 1 aromatic carbocycles. The van der Waals surface area contributed by atoms with E-state index in [-0.39, 0.29) is 12.4 Å². The van der Waals surface area contributed by atoms with Crippen molar-refractivity contribution in [3.63, 3.8) is 0 Å². The minimum absolute atomic E-state index is 0. The second-order valence-corrected chi connectivity index (χ2v) is 2.64.